The van der Waals surface area contributed by atoms with Gasteiger partial charge < -0.3 is 15.3 Å². The topological polar surface area (TPSA) is 104 Å². The number of carbonyl (C=O) groups is 1. The second-order valence-corrected chi connectivity index (χ2v) is 5.34. The van der Waals surface area contributed by atoms with E-state index >= 15 is 0 Å². The lowest BCUT2D eigenvalue weighted by molar-refractivity contribution is -0.150. The van der Waals surface area contributed by atoms with Gasteiger partial charge in [-0.3, -0.25) is 5.73 Å². The lowest BCUT2D eigenvalue weighted by Gasteiger charge is -2.25. The third-order valence-corrected chi connectivity index (χ3v) is 3.81. The minimum Gasteiger partial charge on any atom is -0.479 e. The van der Waals surface area contributed by atoms with Crippen molar-refractivity contribution in [3.63, 3.8) is 0 Å². The average molecular weight is 265 g/mol. The number of carboxylic acid groups (broad SMARTS) is 1. The summed E-state index contributed by atoms with van der Waals surface area (Å²) >= 11 is 0. The van der Waals surface area contributed by atoms with Crippen LogP contribution >= 0.6 is 0 Å². The Morgan fingerprint density at radius 3 is 2.89 bits per heavy atom. The fraction of sp³-hybridized carbons (Fsp3) is 0.500. The molecule has 0 fully saturated rings. The summed E-state index contributed by atoms with van der Waals surface area (Å²) in [5.74, 6) is -0.891. The summed E-state index contributed by atoms with van der Waals surface area (Å²) in [5, 5.41) is 28.1. The largest absolute Gasteiger partial charge is 0.479 e. The quantitative estimate of drug-likeness (QED) is 0.599. The first-order valence-corrected chi connectivity index (χ1v) is 6.36. The lowest BCUT2D eigenvalue weighted by atomic mass is 9.93. The minimum absolute atomic E-state index is 0.434. The van der Waals surface area contributed by atoms with E-state index in [1.807, 2.05) is 12.1 Å². The zero-order valence-electron chi connectivity index (χ0n) is 10.8. The van der Waals surface area contributed by atoms with Crippen molar-refractivity contribution in [1.82, 2.24) is 0 Å². The van der Waals surface area contributed by atoms with Crippen molar-refractivity contribution in [2.45, 2.75) is 43.9 Å². The Balaban J connectivity index is 2.24. The number of hydrogen-bond acceptors (Lipinski definition) is 4. The number of hydrogen-bond donors (Lipinski definition) is 4. The highest BCUT2D eigenvalue weighted by Gasteiger charge is 2.32. The van der Waals surface area contributed by atoms with Crippen molar-refractivity contribution in [2.75, 3.05) is 0 Å². The molecule has 1 aliphatic carbocycles. The van der Waals surface area contributed by atoms with Crippen LogP contribution in [0.4, 0.5) is 0 Å². The maximum atomic E-state index is 10.6. The van der Waals surface area contributed by atoms with E-state index < -0.39 is 24.2 Å². The van der Waals surface area contributed by atoms with E-state index in [9.17, 15) is 15.0 Å². The summed E-state index contributed by atoms with van der Waals surface area (Å²) in [6.07, 6.45) is -0.111. The molecule has 0 spiro atoms. The Bertz CT molecular complexity index is 498. The molecule has 0 aliphatic heterocycles. The highest BCUT2D eigenvalue weighted by molar-refractivity contribution is 5.72. The summed E-state index contributed by atoms with van der Waals surface area (Å²) in [4.78, 5) is 10.6. The summed E-state index contributed by atoms with van der Waals surface area (Å²) in [5.41, 5.74) is 6.73. The molecule has 1 aromatic carbocycles. The van der Waals surface area contributed by atoms with E-state index in [2.05, 4.69) is 6.92 Å². The van der Waals surface area contributed by atoms with E-state index in [-0.39, 0.29) is 0 Å². The van der Waals surface area contributed by atoms with Crippen LogP contribution in [0, 0.1) is 0 Å². The van der Waals surface area contributed by atoms with E-state index in [4.69, 9.17) is 10.8 Å². The molecule has 3 unspecified atom stereocenters. The first kappa shape index (κ1) is 14.0. The van der Waals surface area contributed by atoms with Crippen molar-refractivity contribution < 1.29 is 20.1 Å². The van der Waals surface area contributed by atoms with Crippen LogP contribution in [0.25, 0.3) is 0 Å². The smallest absolute Gasteiger partial charge is 0.332 e. The molecule has 0 amide bonds. The number of fused-ring (bicyclic) bond motifs is 1. The first-order chi connectivity index (χ1) is 8.81. The van der Waals surface area contributed by atoms with Crippen LogP contribution in [0.5, 0.6) is 0 Å². The highest BCUT2D eigenvalue weighted by Crippen LogP contribution is 2.35. The van der Waals surface area contributed by atoms with Gasteiger partial charge in [-0.2, -0.15) is 0 Å². The van der Waals surface area contributed by atoms with Gasteiger partial charge in [-0.1, -0.05) is 25.1 Å². The van der Waals surface area contributed by atoms with Crippen molar-refractivity contribution in [1.29, 1.82) is 0 Å². The molecule has 2 rings (SSSR count). The lowest BCUT2D eigenvalue weighted by Crippen LogP contribution is -2.42. The van der Waals surface area contributed by atoms with Crippen LogP contribution in [0.3, 0.4) is 0 Å². The fourth-order valence-electron chi connectivity index (χ4n) is 2.60. The number of aliphatic hydroxyl groups is 2. The summed E-state index contributed by atoms with van der Waals surface area (Å²) in [6, 6.07) is 5.44. The van der Waals surface area contributed by atoms with Gasteiger partial charge in [0, 0.05) is 6.42 Å². The average Bonchev–Trinajstić information content (AvgIpc) is 2.70. The normalized spacial score (nSPS) is 22.6. The monoisotopic (exact) mass is 265 g/mol. The third kappa shape index (κ3) is 2.78. The van der Waals surface area contributed by atoms with Gasteiger partial charge in [-0.25, -0.2) is 4.79 Å². The minimum atomic E-state index is -1.83. The maximum Gasteiger partial charge on any atom is 0.332 e. The SMILES string of the molecule is CC1CCc2cc(C(N)(O)CC(O)C(=O)O)ccc21. The Morgan fingerprint density at radius 1 is 1.58 bits per heavy atom. The van der Waals surface area contributed by atoms with E-state index in [0.29, 0.717) is 11.5 Å². The van der Waals surface area contributed by atoms with E-state index in [1.165, 1.54) is 5.56 Å². The predicted molar refractivity (Wildman–Crippen MR) is 69.5 cm³/mol. The molecule has 0 aromatic heterocycles. The number of benzene rings is 1. The highest BCUT2D eigenvalue weighted by atomic mass is 16.4. The van der Waals surface area contributed by atoms with Gasteiger partial charge in [0.25, 0.3) is 0 Å². The second-order valence-electron chi connectivity index (χ2n) is 5.34. The molecular weight excluding hydrogens is 246 g/mol. The summed E-state index contributed by atoms with van der Waals surface area (Å²) in [7, 11) is 0. The molecule has 5 nitrogen and oxygen atoms in total. The van der Waals surface area contributed by atoms with Crippen LogP contribution in [0.2, 0.25) is 0 Å². The fourth-order valence-corrected chi connectivity index (χ4v) is 2.60. The number of aliphatic hydroxyl groups excluding tert-OH is 1. The van der Waals surface area contributed by atoms with Crippen LogP contribution in [-0.2, 0) is 16.9 Å². The number of carboxylic acids is 1. The third-order valence-electron chi connectivity index (χ3n) is 3.81. The molecule has 0 bridgehead atoms. The van der Waals surface area contributed by atoms with Gasteiger partial charge in [0.1, 0.15) is 5.72 Å². The molecule has 104 valence electrons. The summed E-state index contributed by atoms with van der Waals surface area (Å²) < 4.78 is 0. The molecule has 0 radical (unpaired) electrons. The van der Waals surface area contributed by atoms with Gasteiger partial charge in [-0.15, -0.1) is 0 Å². The van der Waals surface area contributed by atoms with E-state index in [1.54, 1.807) is 6.07 Å². The van der Waals surface area contributed by atoms with Crippen LogP contribution in [0.1, 0.15) is 42.4 Å². The number of rotatable bonds is 4. The van der Waals surface area contributed by atoms with Gasteiger partial charge in [-0.05, 0) is 35.4 Å². The Hall–Kier alpha value is -1.43. The molecule has 5 heteroatoms. The number of aryl methyl sites for hydroxylation is 1. The van der Waals surface area contributed by atoms with Crippen LogP contribution < -0.4 is 5.73 Å². The summed E-state index contributed by atoms with van der Waals surface area (Å²) in [6.45, 7) is 2.15. The molecule has 19 heavy (non-hydrogen) atoms. The Morgan fingerprint density at radius 2 is 2.26 bits per heavy atom. The Labute approximate surface area is 111 Å². The van der Waals surface area contributed by atoms with E-state index in [0.717, 1.165) is 18.4 Å². The predicted octanol–water partition coefficient (Wildman–Crippen LogP) is 0.676. The van der Waals surface area contributed by atoms with Gasteiger partial charge >= 0.3 is 5.97 Å². The molecule has 0 saturated carbocycles. The molecule has 0 saturated heterocycles. The van der Waals surface area contributed by atoms with Crippen molar-refractivity contribution >= 4 is 5.97 Å². The molecule has 1 aromatic rings. The van der Waals surface area contributed by atoms with Gasteiger partial charge in [0.05, 0.1) is 0 Å². The Kier molecular flexibility index (Phi) is 3.62. The number of nitrogens with two attached hydrogens (primary N) is 1. The zero-order valence-corrected chi connectivity index (χ0v) is 10.8. The molecule has 5 N–H and O–H groups in total. The van der Waals surface area contributed by atoms with Crippen molar-refractivity contribution in [3.05, 3.63) is 34.9 Å². The van der Waals surface area contributed by atoms with Gasteiger partial charge in [0.15, 0.2) is 6.10 Å². The molecular formula is C14H19NO4. The first-order valence-electron chi connectivity index (χ1n) is 6.36. The standard InChI is InChI=1S/C14H19NO4/c1-8-2-3-9-6-10(4-5-11(8)9)14(15,19)7-12(16)13(17)18/h4-6,8,12,16,19H,2-3,7,15H2,1H3,(H,17,18). The zero-order chi connectivity index (χ0) is 14.2. The van der Waals surface area contributed by atoms with Crippen molar-refractivity contribution in [3.8, 4) is 0 Å². The molecule has 0 heterocycles. The van der Waals surface area contributed by atoms with Gasteiger partial charge in [0.2, 0.25) is 0 Å². The van der Waals surface area contributed by atoms with Crippen LogP contribution in [-0.4, -0.2) is 27.4 Å². The van der Waals surface area contributed by atoms with Crippen LogP contribution in [0.15, 0.2) is 18.2 Å². The number of aliphatic carboxylic acids is 1. The van der Waals surface area contributed by atoms with Crippen molar-refractivity contribution in [2.24, 2.45) is 5.73 Å². The molecule has 3 atom stereocenters. The molecule has 1 aliphatic rings. The second kappa shape index (κ2) is 4.92. The maximum absolute atomic E-state index is 10.6.